The van der Waals surface area contributed by atoms with Crippen LogP contribution in [0.4, 0.5) is 0 Å². The third kappa shape index (κ3) is 12.7. The summed E-state index contributed by atoms with van der Waals surface area (Å²) in [7, 11) is 0. The second-order valence-corrected chi connectivity index (χ2v) is 12.4. The maximum absolute atomic E-state index is 13.8. The van der Waals surface area contributed by atoms with Crippen LogP contribution in [0, 0.1) is 5.92 Å². The van der Waals surface area contributed by atoms with Crippen LogP contribution >= 0.6 is 0 Å². The third-order valence-corrected chi connectivity index (χ3v) is 8.12. The maximum Gasteiger partial charge on any atom is 0.247 e. The zero-order chi connectivity index (χ0) is 34.1. The van der Waals surface area contributed by atoms with Crippen LogP contribution in [0.5, 0.6) is 0 Å². The van der Waals surface area contributed by atoms with Gasteiger partial charge in [0.25, 0.3) is 0 Å². The molecule has 9 N–H and O–H groups in total. The molecule has 46 heavy (non-hydrogen) atoms. The average molecular weight is 643 g/mol. The highest BCUT2D eigenvalue weighted by molar-refractivity contribution is 5.97. The minimum atomic E-state index is -1.25. The summed E-state index contributed by atoms with van der Waals surface area (Å²) in [6.45, 7) is 7.62. The Morgan fingerprint density at radius 1 is 0.913 bits per heavy atom. The first-order valence-corrected chi connectivity index (χ1v) is 16.5. The van der Waals surface area contributed by atoms with Gasteiger partial charge in [0.05, 0.1) is 0 Å². The Kier molecular flexibility index (Phi) is 16.0. The van der Waals surface area contributed by atoms with Crippen LogP contribution in [0.1, 0.15) is 104 Å². The molecule has 1 heterocycles. The molecule has 0 bridgehead atoms. The Balaban J connectivity index is 2.39. The van der Waals surface area contributed by atoms with Gasteiger partial charge < -0.3 is 38.1 Å². The van der Waals surface area contributed by atoms with E-state index >= 15 is 0 Å². The van der Waals surface area contributed by atoms with Crippen LogP contribution in [-0.2, 0) is 24.0 Å². The lowest BCUT2D eigenvalue weighted by molar-refractivity contribution is -0.137. The van der Waals surface area contributed by atoms with E-state index in [1.54, 1.807) is 52.0 Å². The van der Waals surface area contributed by atoms with E-state index in [0.717, 1.165) is 32.1 Å². The van der Waals surface area contributed by atoms with Crippen molar-refractivity contribution in [3.05, 3.63) is 35.9 Å². The van der Waals surface area contributed by atoms with E-state index in [4.69, 9.17) is 11.5 Å². The van der Waals surface area contributed by atoms with Crippen molar-refractivity contribution in [3.8, 4) is 0 Å². The van der Waals surface area contributed by atoms with Gasteiger partial charge in [0, 0.05) is 19.0 Å². The van der Waals surface area contributed by atoms with E-state index in [0.29, 0.717) is 31.4 Å². The highest BCUT2D eigenvalue weighted by Gasteiger charge is 2.38. The second kappa shape index (κ2) is 19.4. The van der Waals surface area contributed by atoms with Crippen LogP contribution in [0.15, 0.2) is 35.3 Å². The fraction of sp³-hybridized carbons (Fsp3) is 0.636. The monoisotopic (exact) mass is 642 g/mol. The molecule has 1 aromatic rings. The molecule has 256 valence electrons. The second-order valence-electron chi connectivity index (χ2n) is 12.4. The van der Waals surface area contributed by atoms with Crippen molar-refractivity contribution in [2.75, 3.05) is 13.1 Å². The summed E-state index contributed by atoms with van der Waals surface area (Å²) in [6.07, 6.45) is 6.29. The van der Waals surface area contributed by atoms with Gasteiger partial charge in [-0.25, -0.2) is 0 Å². The molecular formula is C33H54N8O5. The summed E-state index contributed by atoms with van der Waals surface area (Å²) < 4.78 is 0. The van der Waals surface area contributed by atoms with E-state index in [9.17, 15) is 24.0 Å². The predicted molar refractivity (Wildman–Crippen MR) is 178 cm³/mol. The number of hydrogen-bond donors (Lipinski definition) is 7. The molecule has 2 rings (SSSR count). The molecule has 0 aliphatic carbocycles. The quantitative estimate of drug-likeness (QED) is 0.127. The SMILES string of the molecule is CCC1NC(=O)C(CCCN=C(N)N)NC(=O)C(C)(NC(=O)C(C)C)CCCCCCCCNC(=O)C(c2ccccc2)NC1=O. The van der Waals surface area contributed by atoms with Gasteiger partial charge in [0.1, 0.15) is 23.7 Å². The minimum absolute atomic E-state index is 0.0894. The number of carbonyl (C=O) groups is 5. The van der Waals surface area contributed by atoms with Gasteiger partial charge in [-0.1, -0.05) is 83.2 Å². The van der Waals surface area contributed by atoms with Gasteiger partial charge in [0.15, 0.2) is 5.96 Å². The van der Waals surface area contributed by atoms with Crippen molar-refractivity contribution in [2.24, 2.45) is 22.4 Å². The number of benzene rings is 1. The number of rotatable bonds is 8. The van der Waals surface area contributed by atoms with Crippen LogP contribution in [0.2, 0.25) is 0 Å². The number of amides is 5. The highest BCUT2D eigenvalue weighted by Crippen LogP contribution is 2.19. The Morgan fingerprint density at radius 2 is 1.54 bits per heavy atom. The van der Waals surface area contributed by atoms with E-state index in [1.807, 2.05) is 6.07 Å². The fourth-order valence-corrected chi connectivity index (χ4v) is 5.18. The van der Waals surface area contributed by atoms with E-state index < -0.39 is 41.4 Å². The molecule has 1 aliphatic heterocycles. The third-order valence-electron chi connectivity index (χ3n) is 8.12. The molecule has 4 unspecified atom stereocenters. The first kappa shape index (κ1) is 38.0. The molecule has 0 aromatic heterocycles. The number of carbonyl (C=O) groups excluding carboxylic acids is 5. The largest absolute Gasteiger partial charge is 0.370 e. The summed E-state index contributed by atoms with van der Waals surface area (Å²) >= 11 is 0. The zero-order valence-corrected chi connectivity index (χ0v) is 27.8. The van der Waals surface area contributed by atoms with Gasteiger partial charge in [-0.05, 0) is 44.6 Å². The maximum atomic E-state index is 13.8. The Bertz CT molecular complexity index is 1190. The number of aliphatic imine (C=N–C) groups is 1. The fourth-order valence-electron chi connectivity index (χ4n) is 5.18. The minimum Gasteiger partial charge on any atom is -0.370 e. The van der Waals surface area contributed by atoms with Crippen molar-refractivity contribution in [1.29, 1.82) is 0 Å². The molecule has 0 spiro atoms. The summed E-state index contributed by atoms with van der Waals surface area (Å²) in [5, 5.41) is 14.3. The topological polar surface area (TPSA) is 210 Å². The van der Waals surface area contributed by atoms with Gasteiger partial charge >= 0.3 is 0 Å². The number of nitrogens with zero attached hydrogens (tertiary/aromatic N) is 1. The molecular weight excluding hydrogens is 588 g/mol. The van der Waals surface area contributed by atoms with E-state index in [2.05, 4.69) is 31.6 Å². The number of nitrogens with one attached hydrogen (secondary N) is 5. The lowest BCUT2D eigenvalue weighted by atomic mass is 9.91. The molecule has 0 saturated carbocycles. The molecule has 0 radical (unpaired) electrons. The van der Waals surface area contributed by atoms with Gasteiger partial charge in [0.2, 0.25) is 29.5 Å². The zero-order valence-electron chi connectivity index (χ0n) is 27.8. The normalized spacial score (nSPS) is 24.5. The molecule has 1 saturated heterocycles. The van der Waals surface area contributed by atoms with Crippen molar-refractivity contribution >= 4 is 35.5 Å². The van der Waals surface area contributed by atoms with Gasteiger partial charge in [-0.15, -0.1) is 0 Å². The first-order valence-electron chi connectivity index (χ1n) is 16.5. The van der Waals surface area contributed by atoms with Crippen LogP contribution in [-0.4, -0.2) is 66.2 Å². The highest BCUT2D eigenvalue weighted by atomic mass is 16.2. The Labute approximate surface area is 272 Å². The molecule has 13 heteroatoms. The number of hydrogen-bond acceptors (Lipinski definition) is 6. The van der Waals surface area contributed by atoms with Gasteiger partial charge in [-0.3, -0.25) is 29.0 Å². The Hall–Kier alpha value is -4.16. The summed E-state index contributed by atoms with van der Waals surface area (Å²) in [6, 6.07) is 5.95. The number of nitrogens with two attached hydrogens (primary N) is 2. The van der Waals surface area contributed by atoms with Gasteiger partial charge in [-0.2, -0.15) is 0 Å². The predicted octanol–water partition coefficient (Wildman–Crippen LogP) is 1.67. The van der Waals surface area contributed by atoms with Crippen molar-refractivity contribution in [1.82, 2.24) is 26.6 Å². The Morgan fingerprint density at radius 3 is 2.17 bits per heavy atom. The standard InChI is InChI=1S/C33H54N8O5/c1-5-24-28(43)40-26(23-16-11-10-12-17-23)30(45)36-20-14-9-7-6-8-13-19-33(4,41-27(42)22(2)3)31(46)39-25(29(44)38-24)18-15-21-37-32(34)35/h10-12,16-17,22,24-26H,5-9,13-15,18-21H2,1-4H3,(H,36,45)(H,38,44)(H,39,46)(H,40,43)(H,41,42)(H4,34,35,37). The van der Waals surface area contributed by atoms with Crippen LogP contribution in [0.3, 0.4) is 0 Å². The summed E-state index contributed by atoms with van der Waals surface area (Å²) in [4.78, 5) is 71.0. The first-order chi connectivity index (χ1) is 21.9. The van der Waals surface area contributed by atoms with E-state index in [1.165, 1.54) is 0 Å². The van der Waals surface area contributed by atoms with Crippen LogP contribution < -0.4 is 38.1 Å². The number of guanidine groups is 1. The molecule has 4 atom stereocenters. The smallest absolute Gasteiger partial charge is 0.247 e. The molecule has 5 amide bonds. The summed E-state index contributed by atoms with van der Waals surface area (Å²) in [5.41, 5.74) is 10.3. The molecule has 1 fully saturated rings. The van der Waals surface area contributed by atoms with Crippen molar-refractivity contribution in [2.45, 2.75) is 116 Å². The molecule has 13 nitrogen and oxygen atoms in total. The van der Waals surface area contributed by atoms with Crippen molar-refractivity contribution < 1.29 is 24.0 Å². The molecule has 1 aromatic carbocycles. The lowest BCUT2D eigenvalue weighted by Crippen LogP contribution is -2.62. The van der Waals surface area contributed by atoms with E-state index in [-0.39, 0.29) is 43.1 Å². The van der Waals surface area contributed by atoms with Crippen LogP contribution in [0.25, 0.3) is 0 Å². The van der Waals surface area contributed by atoms with Crippen molar-refractivity contribution in [3.63, 3.8) is 0 Å². The molecule has 1 aliphatic rings. The lowest BCUT2D eigenvalue weighted by Gasteiger charge is -2.33. The average Bonchev–Trinajstić information content (AvgIpc) is 3.02. The summed E-state index contributed by atoms with van der Waals surface area (Å²) in [5.74, 6) is -2.62.